The summed E-state index contributed by atoms with van der Waals surface area (Å²) in [6, 6.07) is 10.6. The van der Waals surface area contributed by atoms with Gasteiger partial charge in [-0.3, -0.25) is 0 Å². The highest BCUT2D eigenvalue weighted by Crippen LogP contribution is 2.05. The van der Waals surface area contributed by atoms with Crippen molar-refractivity contribution in [1.29, 1.82) is 0 Å². The Morgan fingerprint density at radius 1 is 1.21 bits per heavy atom. The van der Waals surface area contributed by atoms with Gasteiger partial charge in [0, 0.05) is 6.61 Å². The van der Waals surface area contributed by atoms with E-state index >= 15 is 0 Å². The van der Waals surface area contributed by atoms with Gasteiger partial charge in [-0.25, -0.2) is 0 Å². The highest BCUT2D eigenvalue weighted by atomic mass is 28.3. The summed E-state index contributed by atoms with van der Waals surface area (Å²) in [6.07, 6.45) is 2.86. The van der Waals surface area contributed by atoms with E-state index < -0.39 is 8.07 Å². The van der Waals surface area contributed by atoms with Gasteiger partial charge < -0.3 is 5.11 Å². The Hall–Kier alpha value is -0.863. The van der Waals surface area contributed by atoms with Crippen molar-refractivity contribution in [1.82, 2.24) is 0 Å². The van der Waals surface area contributed by atoms with Gasteiger partial charge in [-0.05, 0) is 6.42 Å². The fraction of sp³-hybridized carbons (Fsp3) is 0.333. The molecule has 1 N–H and O–H groups in total. The average Bonchev–Trinajstić information content (AvgIpc) is 2.19. The van der Waals surface area contributed by atoms with E-state index in [9.17, 15) is 0 Å². The van der Waals surface area contributed by atoms with Gasteiger partial charge in [0.05, 0.1) is 0 Å². The van der Waals surface area contributed by atoms with E-state index in [0.29, 0.717) is 0 Å². The monoisotopic (exact) mass is 206 g/mol. The first-order valence-electron chi connectivity index (χ1n) is 5.01. The molecule has 1 nitrogen and oxygen atoms in total. The smallest absolute Gasteiger partial charge is 0.103 e. The number of aliphatic hydroxyl groups is 1. The van der Waals surface area contributed by atoms with Crippen LogP contribution in [0.2, 0.25) is 13.1 Å². The van der Waals surface area contributed by atoms with E-state index in [2.05, 4.69) is 49.1 Å². The molecule has 0 unspecified atom stereocenters. The predicted molar refractivity (Wildman–Crippen MR) is 64.4 cm³/mol. The molecule has 0 saturated heterocycles. The standard InChI is InChI=1S/C12H18OSi/c1-14(2,11-7-6-10-13)12-8-4-3-5-9-12/h3-5,7-9,11,13H,6,10H2,1-2H3/b11-7+. The summed E-state index contributed by atoms with van der Waals surface area (Å²) in [5.74, 6) is 0. The molecule has 1 aromatic carbocycles. The second-order valence-corrected chi connectivity index (χ2v) is 8.36. The van der Waals surface area contributed by atoms with E-state index in [4.69, 9.17) is 5.11 Å². The molecule has 0 spiro atoms. The Labute approximate surface area is 87.1 Å². The van der Waals surface area contributed by atoms with Crippen LogP contribution in [0, 0.1) is 0 Å². The molecule has 14 heavy (non-hydrogen) atoms. The van der Waals surface area contributed by atoms with Gasteiger partial charge in [0.2, 0.25) is 0 Å². The Morgan fingerprint density at radius 2 is 1.86 bits per heavy atom. The van der Waals surface area contributed by atoms with Crippen molar-refractivity contribution >= 4 is 13.3 Å². The highest BCUT2D eigenvalue weighted by Gasteiger charge is 2.18. The molecule has 0 aliphatic rings. The minimum absolute atomic E-state index is 0.246. The third-order valence-electron chi connectivity index (χ3n) is 2.35. The van der Waals surface area contributed by atoms with Crippen molar-refractivity contribution < 1.29 is 5.11 Å². The van der Waals surface area contributed by atoms with Gasteiger partial charge in [-0.15, -0.1) is 0 Å². The van der Waals surface area contributed by atoms with Crippen LogP contribution in [0.3, 0.4) is 0 Å². The van der Waals surface area contributed by atoms with Crippen molar-refractivity contribution in [3.63, 3.8) is 0 Å². The van der Waals surface area contributed by atoms with Crippen LogP contribution in [0.4, 0.5) is 0 Å². The zero-order chi connectivity index (χ0) is 10.4. The van der Waals surface area contributed by atoms with Crippen LogP contribution in [0.5, 0.6) is 0 Å². The van der Waals surface area contributed by atoms with Gasteiger partial charge in [0.1, 0.15) is 8.07 Å². The molecule has 0 fully saturated rings. The summed E-state index contributed by atoms with van der Waals surface area (Å²) in [6.45, 7) is 4.88. The molecule has 0 heterocycles. The Balaban J connectivity index is 2.75. The zero-order valence-corrected chi connectivity index (χ0v) is 9.90. The van der Waals surface area contributed by atoms with Crippen molar-refractivity contribution in [3.8, 4) is 0 Å². The van der Waals surface area contributed by atoms with Crippen molar-refractivity contribution in [3.05, 3.63) is 42.1 Å². The lowest BCUT2D eigenvalue weighted by atomic mass is 10.4. The molecule has 1 rings (SSSR count). The average molecular weight is 206 g/mol. The third-order valence-corrected chi connectivity index (χ3v) is 5.24. The summed E-state index contributed by atoms with van der Waals surface area (Å²) in [7, 11) is -1.41. The van der Waals surface area contributed by atoms with E-state index in [1.54, 1.807) is 0 Å². The summed E-state index contributed by atoms with van der Waals surface area (Å²) in [5, 5.41) is 10.1. The molecule has 0 aliphatic heterocycles. The second kappa shape index (κ2) is 5.13. The predicted octanol–water partition coefficient (Wildman–Crippen LogP) is 2.08. The maximum atomic E-state index is 8.70. The maximum Gasteiger partial charge on any atom is 0.103 e. The molecule has 0 bridgehead atoms. The lowest BCUT2D eigenvalue weighted by molar-refractivity contribution is 0.302. The lowest BCUT2D eigenvalue weighted by Gasteiger charge is -2.17. The molecular weight excluding hydrogens is 188 g/mol. The Morgan fingerprint density at radius 3 is 2.43 bits per heavy atom. The minimum Gasteiger partial charge on any atom is -0.396 e. The molecule has 0 aromatic heterocycles. The summed E-state index contributed by atoms with van der Waals surface area (Å²) >= 11 is 0. The minimum atomic E-state index is -1.41. The van der Waals surface area contributed by atoms with E-state index in [-0.39, 0.29) is 6.61 Å². The molecule has 0 saturated carbocycles. The van der Waals surface area contributed by atoms with Crippen LogP contribution in [0.1, 0.15) is 6.42 Å². The maximum absolute atomic E-state index is 8.70. The molecule has 0 amide bonds. The highest BCUT2D eigenvalue weighted by molar-refractivity contribution is 6.93. The molecule has 0 aliphatic carbocycles. The van der Waals surface area contributed by atoms with Crippen LogP contribution in [0.25, 0.3) is 0 Å². The second-order valence-electron chi connectivity index (χ2n) is 4.00. The summed E-state index contributed by atoms with van der Waals surface area (Å²) < 4.78 is 0. The van der Waals surface area contributed by atoms with Crippen molar-refractivity contribution in [2.45, 2.75) is 19.5 Å². The first-order chi connectivity index (χ1) is 6.67. The van der Waals surface area contributed by atoms with Crippen LogP contribution in [-0.4, -0.2) is 19.8 Å². The number of aliphatic hydroxyl groups excluding tert-OH is 1. The fourth-order valence-electron chi connectivity index (χ4n) is 1.42. The molecule has 76 valence electrons. The molecular formula is C12H18OSi. The number of benzene rings is 1. The molecule has 0 radical (unpaired) electrons. The molecule has 1 aromatic rings. The lowest BCUT2D eigenvalue weighted by Crippen LogP contribution is -2.39. The van der Waals surface area contributed by atoms with Crippen LogP contribution >= 0.6 is 0 Å². The SMILES string of the molecule is C[Si](C)(/C=C/CCO)c1ccccc1. The topological polar surface area (TPSA) is 20.2 Å². The van der Waals surface area contributed by atoms with E-state index in [0.717, 1.165) is 6.42 Å². The van der Waals surface area contributed by atoms with Gasteiger partial charge in [0.15, 0.2) is 0 Å². The van der Waals surface area contributed by atoms with Gasteiger partial charge in [-0.2, -0.15) is 0 Å². The Kier molecular flexibility index (Phi) is 4.11. The normalized spacial score (nSPS) is 12.2. The molecule has 2 heteroatoms. The Bertz CT molecular complexity index is 290. The summed E-state index contributed by atoms with van der Waals surface area (Å²) in [5.41, 5.74) is 2.29. The van der Waals surface area contributed by atoms with Crippen molar-refractivity contribution in [2.24, 2.45) is 0 Å². The quantitative estimate of drug-likeness (QED) is 0.748. The van der Waals surface area contributed by atoms with Crippen LogP contribution in [0.15, 0.2) is 42.1 Å². The third kappa shape index (κ3) is 3.12. The fourth-order valence-corrected chi connectivity index (χ4v) is 3.42. The number of rotatable bonds is 4. The van der Waals surface area contributed by atoms with Crippen LogP contribution in [-0.2, 0) is 0 Å². The summed E-state index contributed by atoms with van der Waals surface area (Å²) in [4.78, 5) is 0. The van der Waals surface area contributed by atoms with Gasteiger partial charge in [-0.1, -0.05) is 60.4 Å². The van der Waals surface area contributed by atoms with Gasteiger partial charge in [0.25, 0.3) is 0 Å². The van der Waals surface area contributed by atoms with Gasteiger partial charge >= 0.3 is 0 Å². The number of hydrogen-bond donors (Lipinski definition) is 1. The zero-order valence-electron chi connectivity index (χ0n) is 8.90. The first-order valence-corrected chi connectivity index (χ1v) is 8.08. The van der Waals surface area contributed by atoms with E-state index in [1.165, 1.54) is 5.19 Å². The first kappa shape index (κ1) is 11.2. The molecule has 0 atom stereocenters. The van der Waals surface area contributed by atoms with Crippen LogP contribution < -0.4 is 5.19 Å². The van der Waals surface area contributed by atoms with Crippen molar-refractivity contribution in [2.75, 3.05) is 6.61 Å². The van der Waals surface area contributed by atoms with E-state index in [1.807, 2.05) is 6.07 Å². The largest absolute Gasteiger partial charge is 0.396 e. The number of hydrogen-bond acceptors (Lipinski definition) is 1.